The molecule has 0 aromatic heterocycles. The summed E-state index contributed by atoms with van der Waals surface area (Å²) in [6.07, 6.45) is 0.872. The predicted octanol–water partition coefficient (Wildman–Crippen LogP) is 2.91. The Balaban J connectivity index is 3.05. The predicted molar refractivity (Wildman–Crippen MR) is 56.8 cm³/mol. The number of halogens is 2. The molecule has 1 atom stereocenters. The van der Waals surface area contributed by atoms with Crippen LogP contribution >= 0.6 is 23.2 Å². The van der Waals surface area contributed by atoms with Gasteiger partial charge in [-0.25, -0.2) is 0 Å². The van der Waals surface area contributed by atoms with Gasteiger partial charge < -0.3 is 0 Å². The Morgan fingerprint density at radius 2 is 2.15 bits per heavy atom. The summed E-state index contributed by atoms with van der Waals surface area (Å²) < 4.78 is 0. The van der Waals surface area contributed by atoms with E-state index >= 15 is 0 Å². The highest BCUT2D eigenvalue weighted by molar-refractivity contribution is 6.42. The van der Waals surface area contributed by atoms with Crippen molar-refractivity contribution < 1.29 is 0 Å². The SMILES string of the molecule is CCC(NN)c1cccc(Cl)c1Cl. The smallest absolute Gasteiger partial charge is 0.0640 e. The van der Waals surface area contributed by atoms with Gasteiger partial charge in [-0.3, -0.25) is 11.3 Å². The summed E-state index contributed by atoms with van der Waals surface area (Å²) >= 11 is 11.9. The van der Waals surface area contributed by atoms with Gasteiger partial charge in [-0.2, -0.15) is 0 Å². The average Bonchev–Trinajstić information content (AvgIpc) is 2.14. The van der Waals surface area contributed by atoms with Crippen molar-refractivity contribution in [2.45, 2.75) is 19.4 Å². The molecule has 0 heterocycles. The van der Waals surface area contributed by atoms with Crippen LogP contribution in [0.5, 0.6) is 0 Å². The van der Waals surface area contributed by atoms with Gasteiger partial charge in [-0.15, -0.1) is 0 Å². The van der Waals surface area contributed by atoms with Gasteiger partial charge in [-0.1, -0.05) is 42.3 Å². The Morgan fingerprint density at radius 1 is 1.46 bits per heavy atom. The molecule has 0 saturated carbocycles. The Bertz CT molecular complexity index is 285. The van der Waals surface area contributed by atoms with E-state index in [1.807, 2.05) is 19.1 Å². The minimum absolute atomic E-state index is 0.0613. The number of hydrogen-bond donors (Lipinski definition) is 2. The van der Waals surface area contributed by atoms with E-state index in [1.54, 1.807) is 6.07 Å². The standard InChI is InChI=1S/C9H12Cl2N2/c1-2-8(13-12)6-4-3-5-7(10)9(6)11/h3-5,8,13H,2,12H2,1H3. The second-order valence-corrected chi connectivity index (χ2v) is 3.56. The van der Waals surface area contributed by atoms with Gasteiger partial charge in [0.2, 0.25) is 0 Å². The van der Waals surface area contributed by atoms with Crippen molar-refractivity contribution in [3.8, 4) is 0 Å². The van der Waals surface area contributed by atoms with Crippen LogP contribution in [0, 0.1) is 0 Å². The number of nitrogens with two attached hydrogens (primary N) is 1. The van der Waals surface area contributed by atoms with E-state index in [0.717, 1.165) is 12.0 Å². The van der Waals surface area contributed by atoms with E-state index in [4.69, 9.17) is 29.0 Å². The minimum Gasteiger partial charge on any atom is -0.271 e. The zero-order valence-electron chi connectivity index (χ0n) is 7.35. The Morgan fingerprint density at radius 3 is 2.69 bits per heavy atom. The fourth-order valence-corrected chi connectivity index (χ4v) is 1.66. The van der Waals surface area contributed by atoms with Crippen LogP contribution in [0.1, 0.15) is 24.9 Å². The Hall–Kier alpha value is -0.280. The second-order valence-electron chi connectivity index (χ2n) is 2.77. The minimum atomic E-state index is 0.0613. The van der Waals surface area contributed by atoms with Gasteiger partial charge in [-0.05, 0) is 18.1 Å². The molecule has 0 aliphatic heterocycles. The molecule has 1 unspecified atom stereocenters. The number of nitrogens with one attached hydrogen (secondary N) is 1. The van der Waals surface area contributed by atoms with Crippen LogP contribution in [-0.4, -0.2) is 0 Å². The molecule has 13 heavy (non-hydrogen) atoms. The lowest BCUT2D eigenvalue weighted by Crippen LogP contribution is -2.27. The molecule has 0 spiro atoms. The average molecular weight is 219 g/mol. The summed E-state index contributed by atoms with van der Waals surface area (Å²) in [5.74, 6) is 5.38. The molecular formula is C9H12Cl2N2. The van der Waals surface area contributed by atoms with E-state index in [0.29, 0.717) is 10.0 Å². The van der Waals surface area contributed by atoms with Gasteiger partial charge in [0.05, 0.1) is 10.0 Å². The van der Waals surface area contributed by atoms with Crippen molar-refractivity contribution in [2.75, 3.05) is 0 Å². The van der Waals surface area contributed by atoms with Gasteiger partial charge in [0.1, 0.15) is 0 Å². The maximum absolute atomic E-state index is 6.02. The number of rotatable bonds is 3. The normalized spacial score (nSPS) is 12.9. The fourth-order valence-electron chi connectivity index (χ4n) is 1.22. The first-order valence-electron chi connectivity index (χ1n) is 4.10. The summed E-state index contributed by atoms with van der Waals surface area (Å²) in [4.78, 5) is 0. The van der Waals surface area contributed by atoms with Crippen LogP contribution in [0.15, 0.2) is 18.2 Å². The molecule has 4 heteroatoms. The van der Waals surface area contributed by atoms with Crippen LogP contribution in [-0.2, 0) is 0 Å². The Labute approximate surface area is 88.0 Å². The van der Waals surface area contributed by atoms with Crippen molar-refractivity contribution in [3.05, 3.63) is 33.8 Å². The van der Waals surface area contributed by atoms with E-state index in [9.17, 15) is 0 Å². The number of hydrazine groups is 1. The third-order valence-corrected chi connectivity index (χ3v) is 2.80. The second kappa shape index (κ2) is 4.82. The lowest BCUT2D eigenvalue weighted by atomic mass is 10.1. The maximum Gasteiger partial charge on any atom is 0.0640 e. The summed E-state index contributed by atoms with van der Waals surface area (Å²) in [5.41, 5.74) is 3.64. The van der Waals surface area contributed by atoms with Gasteiger partial charge in [0, 0.05) is 6.04 Å². The molecule has 1 rings (SSSR count). The van der Waals surface area contributed by atoms with Crippen molar-refractivity contribution in [3.63, 3.8) is 0 Å². The molecule has 0 aliphatic carbocycles. The number of hydrogen-bond acceptors (Lipinski definition) is 2. The van der Waals surface area contributed by atoms with Crippen LogP contribution in [0.25, 0.3) is 0 Å². The fraction of sp³-hybridized carbons (Fsp3) is 0.333. The number of benzene rings is 1. The van der Waals surface area contributed by atoms with Crippen molar-refractivity contribution >= 4 is 23.2 Å². The molecule has 0 amide bonds. The zero-order valence-corrected chi connectivity index (χ0v) is 8.86. The topological polar surface area (TPSA) is 38.0 Å². The molecule has 72 valence electrons. The first-order valence-corrected chi connectivity index (χ1v) is 4.86. The van der Waals surface area contributed by atoms with E-state index in [1.165, 1.54) is 0 Å². The zero-order chi connectivity index (χ0) is 9.84. The summed E-state index contributed by atoms with van der Waals surface area (Å²) in [6.45, 7) is 2.03. The third kappa shape index (κ3) is 2.35. The van der Waals surface area contributed by atoms with Gasteiger partial charge >= 0.3 is 0 Å². The van der Waals surface area contributed by atoms with Gasteiger partial charge in [0.25, 0.3) is 0 Å². The molecule has 1 aromatic rings. The summed E-state index contributed by atoms with van der Waals surface area (Å²) in [5, 5.41) is 1.14. The molecule has 2 nitrogen and oxygen atoms in total. The first-order chi connectivity index (χ1) is 6.20. The first kappa shape index (κ1) is 10.8. The largest absolute Gasteiger partial charge is 0.271 e. The van der Waals surface area contributed by atoms with Crippen LogP contribution in [0.3, 0.4) is 0 Å². The molecule has 0 bridgehead atoms. The molecular weight excluding hydrogens is 207 g/mol. The maximum atomic E-state index is 6.02. The monoisotopic (exact) mass is 218 g/mol. The lowest BCUT2D eigenvalue weighted by Gasteiger charge is -2.15. The molecule has 3 N–H and O–H groups in total. The highest BCUT2D eigenvalue weighted by Gasteiger charge is 2.12. The van der Waals surface area contributed by atoms with Crippen molar-refractivity contribution in [1.29, 1.82) is 0 Å². The summed E-state index contributed by atoms with van der Waals surface area (Å²) in [7, 11) is 0. The lowest BCUT2D eigenvalue weighted by molar-refractivity contribution is 0.539. The Kier molecular flexibility index (Phi) is 4.00. The highest BCUT2D eigenvalue weighted by Crippen LogP contribution is 2.30. The van der Waals surface area contributed by atoms with Gasteiger partial charge in [0.15, 0.2) is 0 Å². The van der Waals surface area contributed by atoms with E-state index in [-0.39, 0.29) is 6.04 Å². The molecule has 0 fully saturated rings. The van der Waals surface area contributed by atoms with Crippen molar-refractivity contribution in [2.24, 2.45) is 5.84 Å². The van der Waals surface area contributed by atoms with Crippen LogP contribution < -0.4 is 11.3 Å². The molecule has 0 radical (unpaired) electrons. The highest BCUT2D eigenvalue weighted by atomic mass is 35.5. The quantitative estimate of drug-likeness (QED) is 0.605. The molecule has 1 aromatic carbocycles. The van der Waals surface area contributed by atoms with Crippen LogP contribution in [0.4, 0.5) is 0 Å². The van der Waals surface area contributed by atoms with E-state index in [2.05, 4.69) is 5.43 Å². The van der Waals surface area contributed by atoms with Crippen molar-refractivity contribution in [1.82, 2.24) is 5.43 Å². The summed E-state index contributed by atoms with van der Waals surface area (Å²) in [6, 6.07) is 5.61. The molecule has 0 aliphatic rings. The third-order valence-electron chi connectivity index (χ3n) is 1.97. The van der Waals surface area contributed by atoms with Crippen LogP contribution in [0.2, 0.25) is 10.0 Å². The molecule has 0 saturated heterocycles. The van der Waals surface area contributed by atoms with E-state index < -0.39 is 0 Å².